The minimum Gasteiger partial charge on any atom is -0.287 e. The fourth-order valence-corrected chi connectivity index (χ4v) is 2.86. The van der Waals surface area contributed by atoms with Crippen LogP contribution in [0.4, 0.5) is 5.69 Å². The minimum atomic E-state index is -0.0479. The summed E-state index contributed by atoms with van der Waals surface area (Å²) in [6.45, 7) is 0. The van der Waals surface area contributed by atoms with Crippen LogP contribution in [0, 0.1) is 0 Å². The van der Waals surface area contributed by atoms with Crippen LogP contribution in [0.25, 0.3) is 10.8 Å². The highest BCUT2D eigenvalue weighted by molar-refractivity contribution is 6.59. The molecule has 3 aromatic carbocycles. The number of hydrogen-bond donors (Lipinski definition) is 1. The van der Waals surface area contributed by atoms with Crippen LogP contribution < -0.4 is 5.43 Å². The molecular formula is C18H11ClN2O. The van der Waals surface area contributed by atoms with Gasteiger partial charge < -0.3 is 0 Å². The summed E-state index contributed by atoms with van der Waals surface area (Å²) in [6, 6.07) is 18.8. The maximum Gasteiger partial charge on any atom is 0.214 e. The van der Waals surface area contributed by atoms with Crippen LogP contribution in [-0.2, 0) is 0 Å². The van der Waals surface area contributed by atoms with Crippen LogP contribution in [-0.4, -0.2) is 11.5 Å². The lowest BCUT2D eigenvalue weighted by Crippen LogP contribution is -2.11. The third-order valence-corrected chi connectivity index (χ3v) is 4.01. The summed E-state index contributed by atoms with van der Waals surface area (Å²) in [5.74, 6) is -0.0479. The first kappa shape index (κ1) is 13.0. The molecule has 106 valence electrons. The van der Waals surface area contributed by atoms with Gasteiger partial charge in [0.2, 0.25) is 5.78 Å². The molecule has 1 aliphatic rings. The molecular weight excluding hydrogens is 296 g/mol. The van der Waals surface area contributed by atoms with Crippen molar-refractivity contribution in [3.05, 3.63) is 76.8 Å². The second-order valence-corrected chi connectivity index (χ2v) is 5.55. The molecule has 4 rings (SSSR count). The van der Waals surface area contributed by atoms with Gasteiger partial charge in [0.25, 0.3) is 0 Å². The maximum atomic E-state index is 12.6. The largest absolute Gasteiger partial charge is 0.287 e. The predicted molar refractivity (Wildman–Crippen MR) is 89.9 cm³/mol. The SMILES string of the molecule is O=C1C(=NNc2ccc(Cl)cc2)c2cccc3cccc1c23. The van der Waals surface area contributed by atoms with Gasteiger partial charge in [-0.25, -0.2) is 0 Å². The van der Waals surface area contributed by atoms with Gasteiger partial charge in [-0.1, -0.05) is 48.0 Å². The summed E-state index contributed by atoms with van der Waals surface area (Å²) < 4.78 is 0. The van der Waals surface area contributed by atoms with Gasteiger partial charge in [-0.3, -0.25) is 10.2 Å². The first-order valence-electron chi connectivity index (χ1n) is 6.90. The fourth-order valence-electron chi connectivity index (χ4n) is 2.73. The van der Waals surface area contributed by atoms with E-state index in [1.165, 1.54) is 0 Å². The molecule has 1 aliphatic carbocycles. The molecule has 1 N–H and O–H groups in total. The number of Topliss-reactive ketones (excluding diaryl/α,β-unsaturated/α-hetero) is 1. The Morgan fingerprint density at radius 2 is 1.55 bits per heavy atom. The molecule has 0 bridgehead atoms. The minimum absolute atomic E-state index is 0.0479. The molecule has 0 saturated heterocycles. The Morgan fingerprint density at radius 3 is 2.27 bits per heavy atom. The molecule has 0 heterocycles. The zero-order valence-corrected chi connectivity index (χ0v) is 12.3. The molecule has 0 aliphatic heterocycles. The van der Waals surface area contributed by atoms with E-state index in [-0.39, 0.29) is 5.78 Å². The predicted octanol–water partition coefficient (Wildman–Crippen LogP) is 4.51. The first-order valence-corrected chi connectivity index (χ1v) is 7.28. The van der Waals surface area contributed by atoms with Gasteiger partial charge in [0.1, 0.15) is 5.71 Å². The first-order chi connectivity index (χ1) is 10.7. The Morgan fingerprint density at radius 1 is 0.864 bits per heavy atom. The molecule has 22 heavy (non-hydrogen) atoms. The van der Waals surface area contributed by atoms with Crippen LogP contribution in [0.3, 0.4) is 0 Å². The molecule has 0 atom stereocenters. The number of hydrogen-bond acceptors (Lipinski definition) is 3. The Kier molecular flexibility index (Phi) is 2.94. The number of carbonyl (C=O) groups is 1. The van der Waals surface area contributed by atoms with Gasteiger partial charge >= 0.3 is 0 Å². The lowest BCUT2D eigenvalue weighted by atomic mass is 10.1. The maximum absolute atomic E-state index is 12.6. The Labute approximate surface area is 132 Å². The van der Waals surface area contributed by atoms with Crippen LogP contribution in [0.1, 0.15) is 15.9 Å². The summed E-state index contributed by atoms with van der Waals surface area (Å²) in [7, 11) is 0. The smallest absolute Gasteiger partial charge is 0.214 e. The summed E-state index contributed by atoms with van der Waals surface area (Å²) in [4.78, 5) is 12.6. The van der Waals surface area contributed by atoms with Gasteiger partial charge in [0.15, 0.2) is 0 Å². The van der Waals surface area contributed by atoms with Crippen molar-refractivity contribution in [1.82, 2.24) is 0 Å². The summed E-state index contributed by atoms with van der Waals surface area (Å²) >= 11 is 5.86. The third kappa shape index (κ3) is 1.98. The van der Waals surface area contributed by atoms with Crippen LogP contribution >= 0.6 is 11.6 Å². The van der Waals surface area contributed by atoms with Crippen LogP contribution in [0.5, 0.6) is 0 Å². The Bertz CT molecular complexity index is 924. The standard InChI is InChI=1S/C18H11ClN2O/c19-12-7-9-13(10-8-12)20-21-17-14-5-1-3-11-4-2-6-15(16(11)14)18(17)22/h1-10,20H. The number of carbonyl (C=O) groups excluding carboxylic acids is 1. The quantitative estimate of drug-likeness (QED) is 0.708. The van der Waals surface area contributed by atoms with E-state index in [1.54, 1.807) is 12.1 Å². The van der Waals surface area contributed by atoms with E-state index >= 15 is 0 Å². The highest BCUT2D eigenvalue weighted by Gasteiger charge is 2.28. The van der Waals surface area contributed by atoms with Crippen molar-refractivity contribution in [2.75, 3.05) is 5.43 Å². The van der Waals surface area contributed by atoms with Gasteiger partial charge in [-0.2, -0.15) is 5.10 Å². The number of hydrazone groups is 1. The Balaban J connectivity index is 1.78. The van der Waals surface area contributed by atoms with Crippen molar-refractivity contribution in [1.29, 1.82) is 0 Å². The molecule has 0 fully saturated rings. The molecule has 0 unspecified atom stereocenters. The monoisotopic (exact) mass is 306 g/mol. The molecule has 3 nitrogen and oxygen atoms in total. The second kappa shape index (κ2) is 4.97. The van der Waals surface area contributed by atoms with Gasteiger partial charge in [0.05, 0.1) is 5.69 Å². The average Bonchev–Trinajstić information content (AvgIpc) is 2.82. The van der Waals surface area contributed by atoms with Gasteiger partial charge in [-0.15, -0.1) is 0 Å². The van der Waals surface area contributed by atoms with Crippen molar-refractivity contribution < 1.29 is 4.79 Å². The number of benzene rings is 3. The zero-order valence-electron chi connectivity index (χ0n) is 11.5. The van der Waals surface area contributed by atoms with E-state index in [1.807, 2.05) is 48.5 Å². The lowest BCUT2D eigenvalue weighted by molar-refractivity contribution is 0.107. The van der Waals surface area contributed by atoms with Gasteiger partial charge in [0, 0.05) is 21.5 Å². The summed E-state index contributed by atoms with van der Waals surface area (Å²) in [6.07, 6.45) is 0. The van der Waals surface area contributed by atoms with Crippen LogP contribution in [0.2, 0.25) is 5.02 Å². The number of anilines is 1. The molecule has 0 saturated carbocycles. The van der Waals surface area contributed by atoms with E-state index < -0.39 is 0 Å². The van der Waals surface area contributed by atoms with Crippen molar-refractivity contribution in [3.8, 4) is 0 Å². The van der Waals surface area contributed by atoms with Crippen molar-refractivity contribution in [2.24, 2.45) is 5.10 Å². The molecule has 4 heteroatoms. The Hall–Kier alpha value is -2.65. The number of halogens is 1. The summed E-state index contributed by atoms with van der Waals surface area (Å²) in [5, 5.41) is 7.01. The molecule has 0 spiro atoms. The third-order valence-electron chi connectivity index (χ3n) is 3.76. The van der Waals surface area contributed by atoms with E-state index in [0.717, 1.165) is 22.0 Å². The number of nitrogens with zero attached hydrogens (tertiary/aromatic N) is 1. The highest BCUT2D eigenvalue weighted by atomic mass is 35.5. The lowest BCUT2D eigenvalue weighted by Gasteiger charge is -2.02. The molecule has 3 aromatic rings. The number of ketones is 1. The van der Waals surface area contributed by atoms with Crippen LogP contribution in [0.15, 0.2) is 65.8 Å². The molecule has 0 aromatic heterocycles. The number of rotatable bonds is 2. The summed E-state index contributed by atoms with van der Waals surface area (Å²) in [5.41, 5.74) is 5.75. The van der Waals surface area contributed by atoms with E-state index in [0.29, 0.717) is 16.3 Å². The van der Waals surface area contributed by atoms with E-state index in [9.17, 15) is 4.79 Å². The topological polar surface area (TPSA) is 41.5 Å². The second-order valence-electron chi connectivity index (χ2n) is 5.12. The zero-order chi connectivity index (χ0) is 15.1. The normalized spacial score (nSPS) is 14.8. The average molecular weight is 307 g/mol. The van der Waals surface area contributed by atoms with Crippen molar-refractivity contribution in [2.45, 2.75) is 0 Å². The van der Waals surface area contributed by atoms with E-state index in [4.69, 9.17) is 11.6 Å². The highest BCUT2D eigenvalue weighted by Crippen LogP contribution is 2.31. The molecule has 0 amide bonds. The van der Waals surface area contributed by atoms with Gasteiger partial charge in [-0.05, 0) is 29.7 Å². The van der Waals surface area contributed by atoms with E-state index in [2.05, 4.69) is 10.5 Å². The number of nitrogens with one attached hydrogen (secondary N) is 1. The molecule has 0 radical (unpaired) electrons. The van der Waals surface area contributed by atoms with Crippen molar-refractivity contribution >= 4 is 39.6 Å². The van der Waals surface area contributed by atoms with Crippen molar-refractivity contribution in [3.63, 3.8) is 0 Å². The fraction of sp³-hybridized carbons (Fsp3) is 0.